The van der Waals surface area contributed by atoms with Gasteiger partial charge in [0.2, 0.25) is 5.91 Å². The molecule has 0 saturated heterocycles. The number of amides is 2. The van der Waals surface area contributed by atoms with Crippen LogP contribution in [0.15, 0.2) is 18.2 Å². The molecule has 0 N–H and O–H groups in total. The van der Waals surface area contributed by atoms with Gasteiger partial charge in [-0.3, -0.25) is 9.69 Å². The first kappa shape index (κ1) is 18.3. The molecule has 0 radical (unpaired) electrons. The van der Waals surface area contributed by atoms with Crippen molar-refractivity contribution < 1.29 is 14.3 Å². The number of fused-ring (bicyclic) bond motifs is 1. The molecular weight excluding hydrogens is 306 g/mol. The molecule has 1 aromatic carbocycles. The van der Waals surface area contributed by atoms with Crippen molar-refractivity contribution in [1.82, 2.24) is 4.90 Å². The van der Waals surface area contributed by atoms with E-state index >= 15 is 0 Å². The van der Waals surface area contributed by atoms with Gasteiger partial charge in [-0.05, 0) is 59.0 Å². The Morgan fingerprint density at radius 3 is 2.46 bits per heavy atom. The summed E-state index contributed by atoms with van der Waals surface area (Å²) in [4.78, 5) is 29.7. The lowest BCUT2D eigenvalue weighted by Crippen LogP contribution is -2.36. The Labute approximate surface area is 144 Å². The zero-order chi connectivity index (χ0) is 18.1. The third kappa shape index (κ3) is 4.26. The highest BCUT2D eigenvalue weighted by atomic mass is 16.6. The molecular formula is C18H27N3O3. The average Bonchev–Trinajstić information content (AvgIpc) is 2.86. The Bertz CT molecular complexity index is 635. The molecule has 6 nitrogen and oxygen atoms in total. The van der Waals surface area contributed by atoms with E-state index in [9.17, 15) is 9.59 Å². The minimum absolute atomic E-state index is 0.00163. The van der Waals surface area contributed by atoms with Crippen LogP contribution in [0.1, 0.15) is 26.3 Å². The minimum atomic E-state index is -0.532. The molecule has 0 aliphatic carbocycles. The molecule has 2 rings (SSSR count). The Morgan fingerprint density at radius 1 is 1.21 bits per heavy atom. The molecule has 0 aromatic heterocycles. The van der Waals surface area contributed by atoms with Crippen molar-refractivity contribution in [2.75, 3.05) is 44.0 Å². The van der Waals surface area contributed by atoms with E-state index in [1.807, 2.05) is 58.0 Å². The summed E-state index contributed by atoms with van der Waals surface area (Å²) in [6.07, 6.45) is 0.449. The van der Waals surface area contributed by atoms with Crippen molar-refractivity contribution >= 4 is 23.4 Å². The van der Waals surface area contributed by atoms with Gasteiger partial charge in [-0.1, -0.05) is 6.07 Å². The molecule has 1 heterocycles. The van der Waals surface area contributed by atoms with Crippen molar-refractivity contribution in [3.63, 3.8) is 0 Å². The lowest BCUT2D eigenvalue weighted by atomic mass is 10.1. The summed E-state index contributed by atoms with van der Waals surface area (Å²) in [6, 6.07) is 5.79. The third-order valence-electron chi connectivity index (χ3n) is 3.79. The molecule has 0 fully saturated rings. The van der Waals surface area contributed by atoms with Crippen LogP contribution in [0.25, 0.3) is 0 Å². The topological polar surface area (TPSA) is 53.1 Å². The molecule has 2 amide bonds. The number of hydrogen-bond acceptors (Lipinski definition) is 4. The summed E-state index contributed by atoms with van der Waals surface area (Å²) in [6.45, 7) is 6.50. The van der Waals surface area contributed by atoms with Crippen LogP contribution in [-0.2, 0) is 16.0 Å². The van der Waals surface area contributed by atoms with Crippen LogP contribution in [0.2, 0.25) is 0 Å². The second-order valence-corrected chi connectivity index (χ2v) is 7.39. The Morgan fingerprint density at radius 2 is 1.88 bits per heavy atom. The van der Waals surface area contributed by atoms with Gasteiger partial charge < -0.3 is 14.5 Å². The Hall–Kier alpha value is -2.08. The summed E-state index contributed by atoms with van der Waals surface area (Å²) in [5.74, 6) is 0.00163. The van der Waals surface area contributed by atoms with Crippen LogP contribution in [0.4, 0.5) is 16.2 Å². The number of likely N-dealkylation sites (N-methyl/N-ethyl adjacent to an activating group) is 2. The third-order valence-corrected chi connectivity index (χ3v) is 3.79. The van der Waals surface area contributed by atoms with E-state index in [1.165, 1.54) is 0 Å². The van der Waals surface area contributed by atoms with E-state index in [4.69, 9.17) is 4.74 Å². The standard InChI is InChI=1S/C18H27N3O3/c1-18(2,3)24-17(23)21-10-9-13-7-8-14(11-15(13)21)20(6)16(22)12-19(4)5/h7-8,11H,9-10,12H2,1-6H3. The quantitative estimate of drug-likeness (QED) is 0.853. The first-order valence-electron chi connectivity index (χ1n) is 8.13. The van der Waals surface area contributed by atoms with Crippen LogP contribution in [0, 0.1) is 0 Å². The normalized spacial score (nSPS) is 13.9. The number of carbonyl (C=O) groups is 2. The smallest absolute Gasteiger partial charge is 0.414 e. The average molecular weight is 333 g/mol. The summed E-state index contributed by atoms with van der Waals surface area (Å²) < 4.78 is 5.48. The van der Waals surface area contributed by atoms with Crippen molar-refractivity contribution in [3.05, 3.63) is 23.8 Å². The van der Waals surface area contributed by atoms with Crippen molar-refractivity contribution in [2.24, 2.45) is 0 Å². The number of carbonyl (C=O) groups excluding carboxylic acids is 2. The number of hydrogen-bond donors (Lipinski definition) is 0. The minimum Gasteiger partial charge on any atom is -0.443 e. The maximum atomic E-state index is 12.4. The number of rotatable bonds is 3. The number of nitrogens with zero attached hydrogens (tertiary/aromatic N) is 3. The van der Waals surface area contributed by atoms with E-state index in [1.54, 1.807) is 16.8 Å². The summed E-state index contributed by atoms with van der Waals surface area (Å²) >= 11 is 0. The van der Waals surface area contributed by atoms with Crippen LogP contribution in [0.5, 0.6) is 0 Å². The maximum Gasteiger partial charge on any atom is 0.414 e. The highest BCUT2D eigenvalue weighted by molar-refractivity contribution is 5.96. The second-order valence-electron chi connectivity index (χ2n) is 7.39. The lowest BCUT2D eigenvalue weighted by Gasteiger charge is -2.26. The molecule has 1 aliphatic heterocycles. The molecule has 24 heavy (non-hydrogen) atoms. The highest BCUT2D eigenvalue weighted by Gasteiger charge is 2.29. The van der Waals surface area contributed by atoms with Crippen LogP contribution >= 0.6 is 0 Å². The van der Waals surface area contributed by atoms with Crippen molar-refractivity contribution in [3.8, 4) is 0 Å². The van der Waals surface area contributed by atoms with E-state index in [0.717, 1.165) is 23.4 Å². The van der Waals surface area contributed by atoms with Gasteiger partial charge in [0.1, 0.15) is 5.60 Å². The van der Waals surface area contributed by atoms with E-state index in [-0.39, 0.29) is 12.0 Å². The van der Waals surface area contributed by atoms with Gasteiger partial charge in [0.15, 0.2) is 0 Å². The Kier molecular flexibility index (Phi) is 5.18. The van der Waals surface area contributed by atoms with Gasteiger partial charge in [-0.25, -0.2) is 4.79 Å². The Balaban J connectivity index is 2.22. The van der Waals surface area contributed by atoms with Gasteiger partial charge in [0.05, 0.1) is 12.2 Å². The number of benzene rings is 1. The first-order chi connectivity index (χ1) is 11.1. The van der Waals surface area contributed by atoms with Gasteiger partial charge in [-0.2, -0.15) is 0 Å². The summed E-state index contributed by atoms with van der Waals surface area (Å²) in [5, 5.41) is 0. The zero-order valence-electron chi connectivity index (χ0n) is 15.4. The summed E-state index contributed by atoms with van der Waals surface area (Å²) in [7, 11) is 5.47. The van der Waals surface area contributed by atoms with Crippen LogP contribution < -0.4 is 9.80 Å². The largest absolute Gasteiger partial charge is 0.443 e. The molecule has 6 heteroatoms. The molecule has 0 spiro atoms. The molecule has 1 aliphatic rings. The number of ether oxygens (including phenoxy) is 1. The van der Waals surface area contributed by atoms with Gasteiger partial charge in [0.25, 0.3) is 0 Å². The van der Waals surface area contributed by atoms with Gasteiger partial charge in [-0.15, -0.1) is 0 Å². The molecule has 0 unspecified atom stereocenters. The SMILES string of the molecule is CN(C)CC(=O)N(C)c1ccc2c(c1)N(C(=O)OC(C)(C)C)CC2. The molecule has 1 aromatic rings. The van der Waals surface area contributed by atoms with Crippen LogP contribution in [-0.4, -0.2) is 56.7 Å². The van der Waals surface area contributed by atoms with Crippen LogP contribution in [0.3, 0.4) is 0 Å². The first-order valence-corrected chi connectivity index (χ1v) is 8.13. The predicted octanol–water partition coefficient (Wildman–Crippen LogP) is 2.51. The van der Waals surface area contributed by atoms with E-state index in [0.29, 0.717) is 13.1 Å². The highest BCUT2D eigenvalue weighted by Crippen LogP contribution is 2.33. The summed E-state index contributed by atoms with van der Waals surface area (Å²) in [5.41, 5.74) is 2.16. The second kappa shape index (κ2) is 6.81. The fourth-order valence-electron chi connectivity index (χ4n) is 2.60. The fourth-order valence-corrected chi connectivity index (χ4v) is 2.60. The molecule has 132 valence electrons. The lowest BCUT2D eigenvalue weighted by molar-refractivity contribution is -0.118. The van der Waals surface area contributed by atoms with Gasteiger partial charge >= 0.3 is 6.09 Å². The van der Waals surface area contributed by atoms with E-state index < -0.39 is 5.60 Å². The predicted molar refractivity (Wildman–Crippen MR) is 95.7 cm³/mol. The van der Waals surface area contributed by atoms with Crippen molar-refractivity contribution in [2.45, 2.75) is 32.8 Å². The van der Waals surface area contributed by atoms with Crippen molar-refractivity contribution in [1.29, 1.82) is 0 Å². The molecule has 0 bridgehead atoms. The molecule has 0 atom stereocenters. The molecule has 0 saturated carbocycles. The zero-order valence-corrected chi connectivity index (χ0v) is 15.4. The van der Waals surface area contributed by atoms with E-state index in [2.05, 4.69) is 0 Å². The maximum absolute atomic E-state index is 12.4. The fraction of sp³-hybridized carbons (Fsp3) is 0.556. The number of anilines is 2. The monoisotopic (exact) mass is 333 g/mol. The van der Waals surface area contributed by atoms with Gasteiger partial charge in [0, 0.05) is 19.3 Å².